The molecule has 0 aromatic heterocycles. The fraction of sp³-hybridized carbons (Fsp3) is 0.929. The van der Waals surface area contributed by atoms with Crippen LogP contribution in [0.3, 0.4) is 0 Å². The fourth-order valence-corrected chi connectivity index (χ4v) is 4.00. The number of fused-ring (bicyclic) bond motifs is 1. The molecule has 3 fully saturated rings. The minimum Gasteiger partial charge on any atom is -0.381 e. The summed E-state index contributed by atoms with van der Waals surface area (Å²) in [5, 5.41) is 0. The summed E-state index contributed by atoms with van der Waals surface area (Å²) in [7, 11) is 0. The third-order valence-corrected chi connectivity index (χ3v) is 5.31. The lowest BCUT2D eigenvalue weighted by Crippen LogP contribution is -2.50. The van der Waals surface area contributed by atoms with Gasteiger partial charge in [-0.05, 0) is 37.5 Å². The van der Waals surface area contributed by atoms with E-state index in [1.165, 1.54) is 19.3 Å². The molecule has 1 aliphatic carbocycles. The van der Waals surface area contributed by atoms with Gasteiger partial charge in [0.05, 0.1) is 5.41 Å². The van der Waals surface area contributed by atoms with Crippen LogP contribution in [0.1, 0.15) is 32.1 Å². The molecule has 2 aliphatic heterocycles. The lowest BCUT2D eigenvalue weighted by Gasteiger charge is -2.37. The first-order chi connectivity index (χ1) is 8.75. The van der Waals surface area contributed by atoms with Gasteiger partial charge in [0.25, 0.3) is 0 Å². The van der Waals surface area contributed by atoms with E-state index in [0.717, 1.165) is 37.8 Å². The van der Waals surface area contributed by atoms with E-state index in [2.05, 4.69) is 4.90 Å². The van der Waals surface area contributed by atoms with Gasteiger partial charge in [0.2, 0.25) is 5.91 Å². The molecule has 18 heavy (non-hydrogen) atoms. The summed E-state index contributed by atoms with van der Waals surface area (Å²) in [6, 6.07) is 0. The van der Waals surface area contributed by atoms with Crippen LogP contribution in [-0.4, -0.2) is 43.7 Å². The van der Waals surface area contributed by atoms with Gasteiger partial charge in [-0.15, -0.1) is 0 Å². The van der Waals surface area contributed by atoms with Gasteiger partial charge in [-0.25, -0.2) is 0 Å². The van der Waals surface area contributed by atoms with Crippen molar-refractivity contribution in [3.8, 4) is 0 Å². The molecule has 0 radical (unpaired) electrons. The molecule has 1 saturated carbocycles. The maximum Gasteiger partial charge on any atom is 0.230 e. The molecule has 102 valence electrons. The number of carbonyl (C=O) groups is 1. The maximum atomic E-state index is 12.8. The van der Waals surface area contributed by atoms with Gasteiger partial charge in [-0.1, -0.05) is 6.42 Å². The van der Waals surface area contributed by atoms with Gasteiger partial charge < -0.3 is 15.4 Å². The molecule has 0 aromatic carbocycles. The van der Waals surface area contributed by atoms with E-state index >= 15 is 0 Å². The number of likely N-dealkylation sites (tertiary alicyclic amines) is 1. The third-order valence-electron chi connectivity index (χ3n) is 5.31. The predicted octanol–water partition coefficient (Wildman–Crippen LogP) is 1.00. The minimum atomic E-state index is -0.323. The second kappa shape index (κ2) is 4.82. The zero-order valence-electron chi connectivity index (χ0n) is 11.1. The second-order valence-corrected chi connectivity index (χ2v) is 6.26. The normalized spacial score (nSPS) is 34.6. The highest BCUT2D eigenvalue weighted by Crippen LogP contribution is 2.40. The summed E-state index contributed by atoms with van der Waals surface area (Å²) in [6.07, 6.45) is 5.58. The van der Waals surface area contributed by atoms with E-state index in [-0.39, 0.29) is 5.41 Å². The Kier molecular flexibility index (Phi) is 3.32. The minimum absolute atomic E-state index is 0.308. The molecule has 4 heteroatoms. The quantitative estimate of drug-likeness (QED) is 0.797. The largest absolute Gasteiger partial charge is 0.381 e. The summed E-state index contributed by atoms with van der Waals surface area (Å²) < 4.78 is 5.39. The van der Waals surface area contributed by atoms with Crippen LogP contribution in [0.5, 0.6) is 0 Å². The van der Waals surface area contributed by atoms with Crippen molar-refractivity contribution in [2.24, 2.45) is 23.0 Å². The first-order valence-corrected chi connectivity index (χ1v) is 7.32. The first-order valence-electron chi connectivity index (χ1n) is 7.32. The summed E-state index contributed by atoms with van der Waals surface area (Å²) >= 11 is 0. The smallest absolute Gasteiger partial charge is 0.230 e. The molecule has 2 N–H and O–H groups in total. The molecule has 0 spiro atoms. The van der Waals surface area contributed by atoms with Gasteiger partial charge in [-0.3, -0.25) is 4.79 Å². The number of amides is 1. The summed E-state index contributed by atoms with van der Waals surface area (Å²) in [5.41, 5.74) is 5.60. The zero-order chi connectivity index (χ0) is 12.6. The summed E-state index contributed by atoms with van der Waals surface area (Å²) in [6.45, 7) is 3.80. The summed E-state index contributed by atoms with van der Waals surface area (Å²) in [5.74, 6) is 1.84. The highest BCUT2D eigenvalue weighted by Gasteiger charge is 2.46. The maximum absolute atomic E-state index is 12.8. The van der Waals surface area contributed by atoms with Gasteiger partial charge in [0, 0.05) is 32.8 Å². The molecule has 4 nitrogen and oxygen atoms in total. The van der Waals surface area contributed by atoms with Gasteiger partial charge in [0.15, 0.2) is 0 Å². The average Bonchev–Trinajstić information content (AvgIpc) is 2.99. The Hall–Kier alpha value is -0.610. The molecule has 0 aromatic rings. The van der Waals surface area contributed by atoms with Crippen LogP contribution in [0.15, 0.2) is 0 Å². The van der Waals surface area contributed by atoms with Crippen molar-refractivity contribution in [3.05, 3.63) is 0 Å². The third kappa shape index (κ3) is 1.95. The summed E-state index contributed by atoms with van der Waals surface area (Å²) in [4.78, 5) is 14.9. The molecule has 2 saturated heterocycles. The zero-order valence-corrected chi connectivity index (χ0v) is 11.1. The van der Waals surface area contributed by atoms with Gasteiger partial charge >= 0.3 is 0 Å². The topological polar surface area (TPSA) is 55.6 Å². The standard InChI is InChI=1S/C14H24N2O2/c15-10-14(4-6-18-7-5-14)13(17)16-8-11-2-1-3-12(11)9-16/h11-12H,1-10,15H2. The molecule has 2 heterocycles. The van der Waals surface area contributed by atoms with E-state index in [1.807, 2.05) is 0 Å². The van der Waals surface area contributed by atoms with Crippen LogP contribution < -0.4 is 5.73 Å². The number of hydrogen-bond donors (Lipinski definition) is 1. The Labute approximate surface area is 109 Å². The van der Waals surface area contributed by atoms with Crippen molar-refractivity contribution in [2.45, 2.75) is 32.1 Å². The van der Waals surface area contributed by atoms with Crippen molar-refractivity contribution >= 4 is 5.91 Å². The molecule has 0 bridgehead atoms. The van der Waals surface area contributed by atoms with Crippen molar-refractivity contribution in [3.63, 3.8) is 0 Å². The Morgan fingerprint density at radius 2 is 1.83 bits per heavy atom. The molecular formula is C14H24N2O2. The number of rotatable bonds is 2. The van der Waals surface area contributed by atoms with E-state index in [1.54, 1.807) is 0 Å². The lowest BCUT2D eigenvalue weighted by molar-refractivity contribution is -0.146. The molecule has 2 unspecified atom stereocenters. The monoisotopic (exact) mass is 252 g/mol. The van der Waals surface area contributed by atoms with Crippen molar-refractivity contribution in [2.75, 3.05) is 32.8 Å². The number of nitrogens with two attached hydrogens (primary N) is 1. The second-order valence-electron chi connectivity index (χ2n) is 6.26. The van der Waals surface area contributed by atoms with Crippen LogP contribution >= 0.6 is 0 Å². The van der Waals surface area contributed by atoms with Crippen molar-refractivity contribution in [1.82, 2.24) is 4.90 Å². The average molecular weight is 252 g/mol. The number of ether oxygens (including phenoxy) is 1. The Morgan fingerprint density at radius 1 is 1.22 bits per heavy atom. The predicted molar refractivity (Wildman–Crippen MR) is 69.0 cm³/mol. The van der Waals surface area contributed by atoms with Crippen LogP contribution in [-0.2, 0) is 9.53 Å². The highest BCUT2D eigenvalue weighted by molar-refractivity contribution is 5.83. The Bertz CT molecular complexity index is 314. The van der Waals surface area contributed by atoms with E-state index in [0.29, 0.717) is 25.7 Å². The Balaban J connectivity index is 1.69. The highest BCUT2D eigenvalue weighted by atomic mass is 16.5. The molecule has 3 aliphatic rings. The van der Waals surface area contributed by atoms with Crippen LogP contribution in [0.25, 0.3) is 0 Å². The van der Waals surface area contributed by atoms with E-state index < -0.39 is 0 Å². The van der Waals surface area contributed by atoms with Crippen LogP contribution in [0.4, 0.5) is 0 Å². The molecule has 3 rings (SSSR count). The molecule has 1 amide bonds. The lowest BCUT2D eigenvalue weighted by atomic mass is 9.79. The fourth-order valence-electron chi connectivity index (χ4n) is 4.00. The molecular weight excluding hydrogens is 228 g/mol. The van der Waals surface area contributed by atoms with Crippen LogP contribution in [0.2, 0.25) is 0 Å². The Morgan fingerprint density at radius 3 is 2.39 bits per heavy atom. The van der Waals surface area contributed by atoms with Crippen molar-refractivity contribution < 1.29 is 9.53 Å². The van der Waals surface area contributed by atoms with E-state index in [9.17, 15) is 4.79 Å². The first kappa shape index (κ1) is 12.4. The van der Waals surface area contributed by atoms with E-state index in [4.69, 9.17) is 10.5 Å². The number of carbonyl (C=O) groups excluding carboxylic acids is 1. The van der Waals surface area contributed by atoms with Gasteiger partial charge in [0.1, 0.15) is 0 Å². The molecule has 2 atom stereocenters. The van der Waals surface area contributed by atoms with Gasteiger partial charge in [-0.2, -0.15) is 0 Å². The SMILES string of the molecule is NCC1(C(=O)N2CC3CCCC3C2)CCOCC1. The number of nitrogens with zero attached hydrogens (tertiary/aromatic N) is 1. The van der Waals surface area contributed by atoms with Crippen LogP contribution in [0, 0.1) is 17.3 Å². The number of hydrogen-bond acceptors (Lipinski definition) is 3. The van der Waals surface area contributed by atoms with Crippen molar-refractivity contribution in [1.29, 1.82) is 0 Å².